The summed E-state index contributed by atoms with van der Waals surface area (Å²) < 4.78 is 15.8. The van der Waals surface area contributed by atoms with Crippen molar-refractivity contribution in [2.24, 2.45) is 0 Å². The maximum atomic E-state index is 5.85. The number of methoxy groups -OCH3 is 1. The first-order chi connectivity index (χ1) is 8.65. The Labute approximate surface area is 108 Å². The van der Waals surface area contributed by atoms with Crippen LogP contribution in [0, 0.1) is 0 Å². The lowest BCUT2D eigenvalue weighted by Gasteiger charge is -2.15. The van der Waals surface area contributed by atoms with Gasteiger partial charge in [-0.3, -0.25) is 0 Å². The quantitative estimate of drug-likeness (QED) is 0.561. The predicted octanol–water partition coefficient (Wildman–Crippen LogP) is 1.38. The Hall–Kier alpha value is -1.46. The maximum Gasteiger partial charge on any atom is 0.144 e. The summed E-state index contributed by atoms with van der Waals surface area (Å²) >= 11 is 0. The minimum Gasteiger partial charge on any atom is -0.489 e. The molecule has 0 saturated carbocycles. The van der Waals surface area contributed by atoms with E-state index in [2.05, 4.69) is 0 Å². The largest absolute Gasteiger partial charge is 0.489 e. The van der Waals surface area contributed by atoms with Gasteiger partial charge < -0.3 is 24.8 Å². The molecule has 0 unspecified atom stereocenters. The van der Waals surface area contributed by atoms with E-state index >= 15 is 0 Å². The van der Waals surface area contributed by atoms with Crippen LogP contribution in [0.5, 0.6) is 5.75 Å². The molecule has 0 fully saturated rings. The van der Waals surface area contributed by atoms with Gasteiger partial charge in [0.25, 0.3) is 0 Å². The monoisotopic (exact) mass is 254 g/mol. The third kappa shape index (κ3) is 4.81. The maximum absolute atomic E-state index is 5.85. The second-order valence-electron chi connectivity index (χ2n) is 4.07. The van der Waals surface area contributed by atoms with Crippen molar-refractivity contribution in [2.45, 2.75) is 0 Å². The van der Waals surface area contributed by atoms with Crippen LogP contribution in [0.1, 0.15) is 0 Å². The van der Waals surface area contributed by atoms with Crippen molar-refractivity contribution in [2.75, 3.05) is 58.3 Å². The minimum absolute atomic E-state index is 0.477. The molecule has 18 heavy (non-hydrogen) atoms. The zero-order valence-corrected chi connectivity index (χ0v) is 11.3. The highest BCUT2D eigenvalue weighted by Gasteiger charge is 2.03. The summed E-state index contributed by atoms with van der Waals surface area (Å²) in [6.07, 6.45) is 0. The summed E-state index contributed by atoms with van der Waals surface area (Å²) in [6.45, 7) is 2.17. The van der Waals surface area contributed by atoms with Gasteiger partial charge >= 0.3 is 0 Å². The molecule has 1 aromatic rings. The summed E-state index contributed by atoms with van der Waals surface area (Å²) in [6, 6.07) is 5.72. The van der Waals surface area contributed by atoms with Crippen molar-refractivity contribution in [1.29, 1.82) is 0 Å². The summed E-state index contributed by atoms with van der Waals surface area (Å²) in [5, 5.41) is 0. The van der Waals surface area contributed by atoms with Crippen molar-refractivity contribution < 1.29 is 14.2 Å². The van der Waals surface area contributed by atoms with Crippen molar-refractivity contribution in [3.8, 4) is 5.75 Å². The molecule has 0 aromatic heterocycles. The average Bonchev–Trinajstić information content (AvgIpc) is 2.35. The van der Waals surface area contributed by atoms with E-state index in [1.807, 2.05) is 37.2 Å². The van der Waals surface area contributed by atoms with Crippen LogP contribution in [0.4, 0.5) is 11.4 Å². The molecule has 0 aliphatic rings. The number of anilines is 2. The predicted molar refractivity (Wildman–Crippen MR) is 73.4 cm³/mol. The van der Waals surface area contributed by atoms with Crippen molar-refractivity contribution in [3.05, 3.63) is 18.2 Å². The molecule has 0 aliphatic carbocycles. The Kier molecular flexibility index (Phi) is 6.32. The Balaban J connectivity index is 2.39. The van der Waals surface area contributed by atoms with Gasteiger partial charge in [0.2, 0.25) is 0 Å². The molecular weight excluding hydrogens is 232 g/mol. The number of ether oxygens (including phenoxy) is 3. The van der Waals surface area contributed by atoms with Crippen LogP contribution < -0.4 is 15.4 Å². The van der Waals surface area contributed by atoms with Crippen LogP contribution in [-0.4, -0.2) is 47.6 Å². The molecule has 0 saturated heterocycles. The Bertz CT molecular complexity index is 356. The fourth-order valence-electron chi connectivity index (χ4n) is 1.38. The van der Waals surface area contributed by atoms with E-state index < -0.39 is 0 Å². The normalized spacial score (nSPS) is 10.4. The molecule has 0 radical (unpaired) electrons. The second-order valence-corrected chi connectivity index (χ2v) is 4.07. The van der Waals surface area contributed by atoms with Crippen molar-refractivity contribution in [1.82, 2.24) is 0 Å². The van der Waals surface area contributed by atoms with E-state index in [0.29, 0.717) is 37.9 Å². The average molecular weight is 254 g/mol. The number of benzene rings is 1. The number of nitrogen functional groups attached to an aromatic ring is 1. The molecule has 2 N–H and O–H groups in total. The number of nitrogens with two attached hydrogens (primary N) is 1. The summed E-state index contributed by atoms with van der Waals surface area (Å²) in [5.41, 5.74) is 7.54. The molecule has 0 aliphatic heterocycles. The zero-order chi connectivity index (χ0) is 13.4. The fraction of sp³-hybridized carbons (Fsp3) is 0.538. The van der Waals surface area contributed by atoms with E-state index in [1.165, 1.54) is 0 Å². The molecule has 102 valence electrons. The van der Waals surface area contributed by atoms with Crippen molar-refractivity contribution in [3.63, 3.8) is 0 Å². The number of hydrogen-bond donors (Lipinski definition) is 1. The first-order valence-corrected chi connectivity index (χ1v) is 5.91. The van der Waals surface area contributed by atoms with Crippen LogP contribution in [0.3, 0.4) is 0 Å². The summed E-state index contributed by atoms with van der Waals surface area (Å²) in [7, 11) is 5.60. The van der Waals surface area contributed by atoms with Crippen LogP contribution in [0.2, 0.25) is 0 Å². The van der Waals surface area contributed by atoms with E-state index in [9.17, 15) is 0 Å². The third-order valence-corrected chi connectivity index (χ3v) is 2.43. The Morgan fingerprint density at radius 2 is 1.83 bits per heavy atom. The van der Waals surface area contributed by atoms with Gasteiger partial charge in [-0.05, 0) is 12.1 Å². The van der Waals surface area contributed by atoms with Gasteiger partial charge in [0.1, 0.15) is 12.4 Å². The molecule has 1 rings (SSSR count). The van der Waals surface area contributed by atoms with Crippen LogP contribution in [0.15, 0.2) is 18.2 Å². The van der Waals surface area contributed by atoms with Crippen molar-refractivity contribution >= 4 is 11.4 Å². The van der Waals surface area contributed by atoms with Gasteiger partial charge in [0.05, 0.1) is 25.5 Å². The first-order valence-electron chi connectivity index (χ1n) is 5.91. The molecule has 5 nitrogen and oxygen atoms in total. The van der Waals surface area contributed by atoms with E-state index in [0.717, 1.165) is 5.69 Å². The van der Waals surface area contributed by atoms with Crippen LogP contribution in [0.25, 0.3) is 0 Å². The number of nitrogens with zero attached hydrogens (tertiary/aromatic N) is 1. The SMILES string of the molecule is COCCOCCOc1cc(N(C)C)ccc1N. The van der Waals surface area contributed by atoms with Gasteiger partial charge in [-0.25, -0.2) is 0 Å². The highest BCUT2D eigenvalue weighted by Crippen LogP contribution is 2.26. The fourth-order valence-corrected chi connectivity index (χ4v) is 1.38. The second kappa shape index (κ2) is 7.79. The lowest BCUT2D eigenvalue weighted by atomic mass is 10.2. The standard InChI is InChI=1S/C13H22N2O3/c1-15(2)11-4-5-12(14)13(10-11)18-9-8-17-7-6-16-3/h4-5,10H,6-9,14H2,1-3H3. The minimum atomic E-state index is 0.477. The number of rotatable bonds is 8. The van der Waals surface area contributed by atoms with Gasteiger partial charge in [-0.1, -0.05) is 0 Å². The van der Waals surface area contributed by atoms with Gasteiger partial charge in [0.15, 0.2) is 0 Å². The van der Waals surface area contributed by atoms with Crippen LogP contribution in [-0.2, 0) is 9.47 Å². The van der Waals surface area contributed by atoms with Crippen LogP contribution >= 0.6 is 0 Å². The first kappa shape index (κ1) is 14.6. The Morgan fingerprint density at radius 1 is 1.11 bits per heavy atom. The topological polar surface area (TPSA) is 57.0 Å². The molecule has 0 amide bonds. The lowest BCUT2D eigenvalue weighted by molar-refractivity contribution is 0.0545. The van der Waals surface area contributed by atoms with Gasteiger partial charge in [0, 0.05) is 33.0 Å². The molecule has 5 heteroatoms. The molecular formula is C13H22N2O3. The molecule has 1 aromatic carbocycles. The van der Waals surface area contributed by atoms with E-state index in [-0.39, 0.29) is 0 Å². The smallest absolute Gasteiger partial charge is 0.144 e. The highest BCUT2D eigenvalue weighted by atomic mass is 16.5. The summed E-state index contributed by atoms with van der Waals surface area (Å²) in [4.78, 5) is 2.00. The zero-order valence-electron chi connectivity index (χ0n) is 11.3. The molecule has 0 spiro atoms. The summed E-state index contributed by atoms with van der Waals surface area (Å²) in [5.74, 6) is 0.691. The Morgan fingerprint density at radius 3 is 2.50 bits per heavy atom. The van der Waals surface area contributed by atoms with E-state index in [4.69, 9.17) is 19.9 Å². The molecule has 0 bridgehead atoms. The van der Waals surface area contributed by atoms with Gasteiger partial charge in [-0.15, -0.1) is 0 Å². The molecule has 0 atom stereocenters. The number of hydrogen-bond acceptors (Lipinski definition) is 5. The third-order valence-electron chi connectivity index (χ3n) is 2.43. The highest BCUT2D eigenvalue weighted by molar-refractivity contribution is 5.61. The lowest BCUT2D eigenvalue weighted by Crippen LogP contribution is -2.12. The molecule has 0 heterocycles. The van der Waals surface area contributed by atoms with Gasteiger partial charge in [-0.2, -0.15) is 0 Å². The van der Waals surface area contributed by atoms with E-state index in [1.54, 1.807) is 7.11 Å².